The molecule has 0 spiro atoms. The van der Waals surface area contributed by atoms with Crippen molar-refractivity contribution in [1.29, 1.82) is 0 Å². The van der Waals surface area contributed by atoms with Crippen LogP contribution in [0.4, 0.5) is 0 Å². The Kier molecular flexibility index (Phi) is 4.26. The maximum atomic E-state index is 13.0. The second-order valence-electron chi connectivity index (χ2n) is 7.21. The molecule has 2 aromatic rings. The number of aromatic nitrogens is 2. The topological polar surface area (TPSA) is 58.4 Å². The fourth-order valence-electron chi connectivity index (χ4n) is 3.84. The van der Waals surface area contributed by atoms with E-state index in [0.717, 1.165) is 11.3 Å². The zero-order valence-electron chi connectivity index (χ0n) is 15.3. The molecule has 2 aliphatic rings. The summed E-state index contributed by atoms with van der Waals surface area (Å²) in [6.07, 6.45) is 5.66. The van der Waals surface area contributed by atoms with Crippen LogP contribution >= 0.6 is 0 Å². The van der Waals surface area contributed by atoms with E-state index in [0.29, 0.717) is 37.8 Å². The van der Waals surface area contributed by atoms with Crippen molar-refractivity contribution in [2.75, 3.05) is 26.2 Å². The lowest BCUT2D eigenvalue weighted by atomic mass is 10.2. The molecule has 4 rings (SSSR count). The van der Waals surface area contributed by atoms with Crippen molar-refractivity contribution >= 4 is 11.8 Å². The number of amides is 2. The average molecular weight is 352 g/mol. The van der Waals surface area contributed by atoms with E-state index >= 15 is 0 Å². The van der Waals surface area contributed by atoms with Crippen LogP contribution in [0.1, 0.15) is 51.0 Å². The van der Waals surface area contributed by atoms with Crippen LogP contribution in [0.5, 0.6) is 0 Å². The van der Waals surface area contributed by atoms with Gasteiger partial charge in [-0.15, -0.1) is 0 Å². The van der Waals surface area contributed by atoms with E-state index < -0.39 is 0 Å². The Morgan fingerprint density at radius 1 is 1.04 bits per heavy atom. The molecule has 0 N–H and O–H groups in total. The van der Waals surface area contributed by atoms with E-state index in [9.17, 15) is 9.59 Å². The molecule has 1 saturated heterocycles. The molecule has 0 atom stereocenters. The summed E-state index contributed by atoms with van der Waals surface area (Å²) in [7, 11) is 0. The normalized spacial score (nSPS) is 17.5. The van der Waals surface area contributed by atoms with E-state index in [1.54, 1.807) is 29.4 Å². The van der Waals surface area contributed by atoms with Crippen LogP contribution < -0.4 is 0 Å². The molecule has 1 saturated carbocycles. The van der Waals surface area contributed by atoms with Crippen LogP contribution in [0.2, 0.25) is 0 Å². The van der Waals surface area contributed by atoms with Crippen molar-refractivity contribution < 1.29 is 9.59 Å². The molecule has 26 heavy (non-hydrogen) atoms. The van der Waals surface area contributed by atoms with E-state index in [-0.39, 0.29) is 11.8 Å². The van der Waals surface area contributed by atoms with Gasteiger partial charge >= 0.3 is 0 Å². The van der Waals surface area contributed by atoms with Gasteiger partial charge in [-0.3, -0.25) is 14.6 Å². The molecule has 0 aromatic carbocycles. The highest BCUT2D eigenvalue weighted by Gasteiger charge is 2.31. The van der Waals surface area contributed by atoms with Crippen LogP contribution in [-0.2, 0) is 0 Å². The summed E-state index contributed by atoms with van der Waals surface area (Å²) >= 11 is 0. The molecule has 136 valence electrons. The predicted octanol–water partition coefficient (Wildman–Crippen LogP) is 2.43. The molecule has 3 heterocycles. The Labute approximate surface area is 153 Å². The number of hydrogen-bond donors (Lipinski definition) is 0. The Hall–Kier alpha value is -2.63. The van der Waals surface area contributed by atoms with E-state index in [1.165, 1.54) is 18.5 Å². The highest BCUT2D eigenvalue weighted by molar-refractivity contribution is 5.96. The lowest BCUT2D eigenvalue weighted by Crippen LogP contribution is -2.50. The summed E-state index contributed by atoms with van der Waals surface area (Å²) in [5.41, 5.74) is 3.64. The third-order valence-electron chi connectivity index (χ3n) is 5.39. The first-order valence-electron chi connectivity index (χ1n) is 9.23. The van der Waals surface area contributed by atoms with Crippen LogP contribution in [0.25, 0.3) is 0 Å². The maximum absolute atomic E-state index is 13.0. The lowest BCUT2D eigenvalue weighted by Gasteiger charge is -2.34. The van der Waals surface area contributed by atoms with Gasteiger partial charge in [0.1, 0.15) is 0 Å². The Morgan fingerprint density at radius 3 is 2.27 bits per heavy atom. The first-order valence-corrected chi connectivity index (χ1v) is 9.23. The molecular formula is C20H24N4O2. The lowest BCUT2D eigenvalue weighted by molar-refractivity contribution is 0.0534. The van der Waals surface area contributed by atoms with Crippen molar-refractivity contribution in [3.8, 4) is 0 Å². The smallest absolute Gasteiger partial charge is 0.255 e. The Bertz CT molecular complexity index is 831. The van der Waals surface area contributed by atoms with Gasteiger partial charge in [-0.1, -0.05) is 0 Å². The highest BCUT2D eigenvalue weighted by atomic mass is 16.2. The second-order valence-corrected chi connectivity index (χ2v) is 7.21. The molecule has 6 heteroatoms. The van der Waals surface area contributed by atoms with E-state index in [2.05, 4.69) is 16.5 Å². The number of hydrogen-bond acceptors (Lipinski definition) is 3. The van der Waals surface area contributed by atoms with Crippen molar-refractivity contribution in [2.45, 2.75) is 32.7 Å². The Balaban J connectivity index is 1.43. The third kappa shape index (κ3) is 3.00. The molecule has 0 bridgehead atoms. The molecule has 1 aliphatic carbocycles. The number of nitrogens with zero attached hydrogens (tertiary/aromatic N) is 4. The summed E-state index contributed by atoms with van der Waals surface area (Å²) in [5.74, 6) is 0.0654. The van der Waals surface area contributed by atoms with Gasteiger partial charge in [0.15, 0.2) is 0 Å². The molecule has 0 unspecified atom stereocenters. The number of carbonyl (C=O) groups excluding carboxylic acids is 2. The maximum Gasteiger partial charge on any atom is 0.255 e. The standard InChI is InChI=1S/C20H24N4O2/c1-14-12-18(15(2)24(14)17-5-6-17)20(26)23-10-8-22(9-11-23)19(25)16-4-3-7-21-13-16/h3-4,7,12-13,17H,5-6,8-11H2,1-2H3. The summed E-state index contributed by atoms with van der Waals surface area (Å²) in [5, 5.41) is 0. The molecule has 0 radical (unpaired) electrons. The van der Waals surface area contributed by atoms with Gasteiger partial charge in [0.25, 0.3) is 11.8 Å². The summed E-state index contributed by atoms with van der Waals surface area (Å²) in [4.78, 5) is 33.2. The van der Waals surface area contributed by atoms with Crippen LogP contribution in [0, 0.1) is 13.8 Å². The SMILES string of the molecule is Cc1cc(C(=O)N2CCN(C(=O)c3cccnc3)CC2)c(C)n1C1CC1. The zero-order valence-corrected chi connectivity index (χ0v) is 15.3. The molecule has 6 nitrogen and oxygen atoms in total. The minimum Gasteiger partial charge on any atom is -0.345 e. The van der Waals surface area contributed by atoms with Crippen molar-refractivity contribution in [2.24, 2.45) is 0 Å². The van der Waals surface area contributed by atoms with Gasteiger partial charge in [-0.05, 0) is 44.9 Å². The molecule has 2 fully saturated rings. The zero-order chi connectivity index (χ0) is 18.3. The van der Waals surface area contributed by atoms with Gasteiger partial charge in [0, 0.05) is 56.0 Å². The Morgan fingerprint density at radius 2 is 1.69 bits per heavy atom. The summed E-state index contributed by atoms with van der Waals surface area (Å²) in [6, 6.07) is 6.14. The number of pyridine rings is 1. The molecule has 1 aliphatic heterocycles. The molecule has 2 amide bonds. The van der Waals surface area contributed by atoms with Crippen molar-refractivity contribution in [1.82, 2.24) is 19.4 Å². The fraction of sp³-hybridized carbons (Fsp3) is 0.450. The number of piperazine rings is 1. The van der Waals surface area contributed by atoms with Crippen LogP contribution in [0.15, 0.2) is 30.6 Å². The van der Waals surface area contributed by atoms with Gasteiger partial charge in [0.05, 0.1) is 11.1 Å². The van der Waals surface area contributed by atoms with Gasteiger partial charge in [-0.25, -0.2) is 0 Å². The first-order chi connectivity index (χ1) is 12.6. The molecular weight excluding hydrogens is 328 g/mol. The minimum absolute atomic E-state index is 0.0166. The van der Waals surface area contributed by atoms with Crippen LogP contribution in [0.3, 0.4) is 0 Å². The third-order valence-corrected chi connectivity index (χ3v) is 5.39. The van der Waals surface area contributed by atoms with Gasteiger partial charge in [-0.2, -0.15) is 0 Å². The van der Waals surface area contributed by atoms with E-state index in [4.69, 9.17) is 0 Å². The fourth-order valence-corrected chi connectivity index (χ4v) is 3.84. The number of rotatable bonds is 3. The highest BCUT2D eigenvalue weighted by Crippen LogP contribution is 2.38. The first kappa shape index (κ1) is 16.8. The number of carbonyl (C=O) groups is 2. The summed E-state index contributed by atoms with van der Waals surface area (Å²) < 4.78 is 2.30. The summed E-state index contributed by atoms with van der Waals surface area (Å²) in [6.45, 7) is 6.37. The van der Waals surface area contributed by atoms with Crippen molar-refractivity contribution in [3.63, 3.8) is 0 Å². The molecule has 2 aromatic heterocycles. The average Bonchev–Trinajstić information content (AvgIpc) is 3.46. The monoisotopic (exact) mass is 352 g/mol. The predicted molar refractivity (Wildman–Crippen MR) is 98.2 cm³/mol. The number of aryl methyl sites for hydroxylation is 1. The van der Waals surface area contributed by atoms with Gasteiger partial charge < -0.3 is 14.4 Å². The second kappa shape index (κ2) is 6.59. The van der Waals surface area contributed by atoms with Crippen molar-refractivity contribution in [3.05, 3.63) is 53.1 Å². The van der Waals surface area contributed by atoms with E-state index in [1.807, 2.05) is 17.9 Å². The van der Waals surface area contributed by atoms with Crippen LogP contribution in [-0.4, -0.2) is 57.3 Å². The largest absolute Gasteiger partial charge is 0.345 e. The quantitative estimate of drug-likeness (QED) is 0.852. The minimum atomic E-state index is -0.0166. The van der Waals surface area contributed by atoms with Gasteiger partial charge in [0.2, 0.25) is 0 Å².